The Bertz CT molecular complexity index is 573. The van der Waals surface area contributed by atoms with E-state index in [1.807, 2.05) is 0 Å². The molecule has 7 heteroatoms. The van der Waals surface area contributed by atoms with Gasteiger partial charge >= 0.3 is 5.97 Å². The third-order valence-corrected chi connectivity index (χ3v) is 3.03. The van der Waals surface area contributed by atoms with Gasteiger partial charge < -0.3 is 9.52 Å². The van der Waals surface area contributed by atoms with Crippen molar-refractivity contribution in [2.75, 3.05) is 0 Å². The fourth-order valence-electron chi connectivity index (χ4n) is 1.20. The van der Waals surface area contributed by atoms with Gasteiger partial charge in [0.1, 0.15) is 11.1 Å². The summed E-state index contributed by atoms with van der Waals surface area (Å²) in [6, 6.07) is 5.73. The largest absolute Gasteiger partial charge is 0.480 e. The molecule has 0 spiro atoms. The number of halogens is 1. The lowest BCUT2D eigenvalue weighted by Crippen LogP contribution is -2.10. The van der Waals surface area contributed by atoms with Crippen LogP contribution in [0.1, 0.15) is 6.92 Å². The molecule has 2 rings (SSSR count). The van der Waals surface area contributed by atoms with Crippen LogP contribution in [0.5, 0.6) is 0 Å². The quantitative estimate of drug-likeness (QED) is 0.858. The summed E-state index contributed by atoms with van der Waals surface area (Å²) in [5.41, 5.74) is 0.456. The van der Waals surface area contributed by atoms with Crippen molar-refractivity contribution in [3.8, 4) is 11.5 Å². The molecule has 1 atom stereocenters. The Morgan fingerprint density at radius 2 is 2.28 bits per heavy atom. The number of carbonyl (C=O) groups is 1. The minimum atomic E-state index is -0.967. The van der Waals surface area contributed by atoms with Gasteiger partial charge in [0.2, 0.25) is 5.89 Å². The number of carboxylic acid groups (broad SMARTS) is 1. The Hall–Kier alpha value is -1.89. The molecule has 1 aromatic heterocycles. The summed E-state index contributed by atoms with van der Waals surface area (Å²) in [6.45, 7) is 1.51. The van der Waals surface area contributed by atoms with Gasteiger partial charge in [-0.15, -0.1) is 10.2 Å². The second-order valence-electron chi connectivity index (χ2n) is 3.48. The first-order valence-corrected chi connectivity index (χ1v) is 5.93. The van der Waals surface area contributed by atoms with Crippen molar-refractivity contribution in [3.05, 3.63) is 30.1 Å². The molecule has 2 aromatic rings. The van der Waals surface area contributed by atoms with E-state index in [1.165, 1.54) is 25.1 Å². The summed E-state index contributed by atoms with van der Waals surface area (Å²) in [5, 5.41) is 15.6. The number of aromatic nitrogens is 2. The maximum absolute atomic E-state index is 13.0. The van der Waals surface area contributed by atoms with Gasteiger partial charge in [0.15, 0.2) is 0 Å². The van der Waals surface area contributed by atoms with E-state index in [1.54, 1.807) is 6.07 Å². The topological polar surface area (TPSA) is 76.2 Å². The van der Waals surface area contributed by atoms with Crippen LogP contribution < -0.4 is 0 Å². The smallest absolute Gasteiger partial charge is 0.316 e. The molecule has 0 fully saturated rings. The number of benzene rings is 1. The van der Waals surface area contributed by atoms with Crippen LogP contribution in [0.3, 0.4) is 0 Å². The zero-order valence-corrected chi connectivity index (χ0v) is 10.1. The van der Waals surface area contributed by atoms with E-state index in [9.17, 15) is 9.18 Å². The lowest BCUT2D eigenvalue weighted by atomic mass is 10.2. The van der Waals surface area contributed by atoms with Crippen molar-refractivity contribution >= 4 is 17.7 Å². The van der Waals surface area contributed by atoms with Gasteiger partial charge in [-0.05, 0) is 25.1 Å². The molecule has 1 heterocycles. The van der Waals surface area contributed by atoms with E-state index in [4.69, 9.17) is 9.52 Å². The van der Waals surface area contributed by atoms with Crippen LogP contribution in [-0.4, -0.2) is 26.5 Å². The SMILES string of the molecule is CC(Sc1nnc(-c2cccc(F)c2)o1)C(=O)O. The predicted molar refractivity (Wildman–Crippen MR) is 62.6 cm³/mol. The average molecular weight is 268 g/mol. The molecule has 0 amide bonds. The molecule has 94 valence electrons. The lowest BCUT2D eigenvalue weighted by molar-refractivity contribution is -0.136. The van der Waals surface area contributed by atoms with Crippen molar-refractivity contribution < 1.29 is 18.7 Å². The van der Waals surface area contributed by atoms with Gasteiger partial charge in [-0.3, -0.25) is 4.79 Å². The molecule has 1 unspecified atom stereocenters. The van der Waals surface area contributed by atoms with Crippen LogP contribution >= 0.6 is 11.8 Å². The van der Waals surface area contributed by atoms with E-state index in [2.05, 4.69) is 10.2 Å². The van der Waals surface area contributed by atoms with E-state index < -0.39 is 17.0 Å². The van der Waals surface area contributed by atoms with Gasteiger partial charge in [-0.1, -0.05) is 17.8 Å². The Balaban J connectivity index is 2.18. The molecule has 0 bridgehead atoms. The summed E-state index contributed by atoms with van der Waals surface area (Å²) >= 11 is 0.938. The molecule has 0 aliphatic rings. The van der Waals surface area contributed by atoms with Crippen molar-refractivity contribution in [2.45, 2.75) is 17.4 Å². The summed E-state index contributed by atoms with van der Waals surface area (Å²) in [4.78, 5) is 10.7. The highest BCUT2D eigenvalue weighted by Gasteiger charge is 2.17. The minimum Gasteiger partial charge on any atom is -0.480 e. The normalized spacial score (nSPS) is 12.3. The fourth-order valence-corrected chi connectivity index (χ4v) is 1.82. The summed E-state index contributed by atoms with van der Waals surface area (Å²) < 4.78 is 18.3. The molecule has 0 saturated heterocycles. The molecule has 1 aromatic carbocycles. The number of carboxylic acids is 1. The van der Waals surface area contributed by atoms with Crippen LogP contribution in [0.2, 0.25) is 0 Å². The Labute approximate surface area is 106 Å². The Morgan fingerprint density at radius 3 is 2.94 bits per heavy atom. The first-order chi connectivity index (χ1) is 8.56. The van der Waals surface area contributed by atoms with Crippen molar-refractivity contribution in [3.63, 3.8) is 0 Å². The number of hydrogen-bond acceptors (Lipinski definition) is 5. The molecule has 5 nitrogen and oxygen atoms in total. The predicted octanol–water partition coefficient (Wildman–Crippen LogP) is 2.44. The lowest BCUT2D eigenvalue weighted by Gasteiger charge is -1.99. The zero-order chi connectivity index (χ0) is 13.1. The van der Waals surface area contributed by atoms with Crippen LogP contribution in [0.15, 0.2) is 33.9 Å². The monoisotopic (exact) mass is 268 g/mol. The van der Waals surface area contributed by atoms with Crippen LogP contribution in [0.4, 0.5) is 4.39 Å². The van der Waals surface area contributed by atoms with Gasteiger partial charge in [0.25, 0.3) is 5.22 Å². The third kappa shape index (κ3) is 2.86. The summed E-state index contributed by atoms with van der Waals surface area (Å²) in [7, 11) is 0. The van der Waals surface area contributed by atoms with Crippen molar-refractivity contribution in [1.82, 2.24) is 10.2 Å². The maximum atomic E-state index is 13.0. The molecule has 0 saturated carbocycles. The van der Waals surface area contributed by atoms with E-state index >= 15 is 0 Å². The summed E-state index contributed by atoms with van der Waals surface area (Å²) in [6.07, 6.45) is 0. The number of rotatable bonds is 4. The summed E-state index contributed by atoms with van der Waals surface area (Å²) in [5.74, 6) is -1.21. The van der Waals surface area contributed by atoms with Gasteiger partial charge in [0.05, 0.1) is 0 Å². The molecular formula is C11H9FN2O3S. The minimum absolute atomic E-state index is 0.143. The van der Waals surface area contributed by atoms with Gasteiger partial charge in [0, 0.05) is 5.56 Å². The number of nitrogens with zero attached hydrogens (tertiary/aromatic N) is 2. The second-order valence-corrected chi connectivity index (χ2v) is 4.77. The highest BCUT2D eigenvalue weighted by atomic mass is 32.2. The molecule has 0 aliphatic heterocycles. The Morgan fingerprint density at radius 1 is 1.50 bits per heavy atom. The van der Waals surface area contributed by atoms with Crippen LogP contribution in [-0.2, 0) is 4.79 Å². The van der Waals surface area contributed by atoms with Crippen molar-refractivity contribution in [1.29, 1.82) is 0 Å². The number of aliphatic carboxylic acids is 1. The molecule has 18 heavy (non-hydrogen) atoms. The van der Waals surface area contributed by atoms with E-state index in [-0.39, 0.29) is 11.1 Å². The molecule has 0 aliphatic carbocycles. The highest BCUT2D eigenvalue weighted by molar-refractivity contribution is 8.00. The maximum Gasteiger partial charge on any atom is 0.316 e. The molecule has 1 N–H and O–H groups in total. The van der Waals surface area contributed by atoms with Gasteiger partial charge in [-0.2, -0.15) is 0 Å². The average Bonchev–Trinajstić information content (AvgIpc) is 2.77. The highest BCUT2D eigenvalue weighted by Crippen LogP contribution is 2.26. The third-order valence-electron chi connectivity index (χ3n) is 2.10. The van der Waals surface area contributed by atoms with Crippen LogP contribution in [0, 0.1) is 5.82 Å². The van der Waals surface area contributed by atoms with Gasteiger partial charge in [-0.25, -0.2) is 4.39 Å². The standard InChI is InChI=1S/C11H9FN2O3S/c1-6(10(15)16)18-11-14-13-9(17-11)7-3-2-4-8(12)5-7/h2-6H,1H3,(H,15,16). The first kappa shape index (κ1) is 12.6. The Kier molecular flexibility index (Phi) is 3.61. The zero-order valence-electron chi connectivity index (χ0n) is 9.33. The molecular weight excluding hydrogens is 259 g/mol. The second kappa shape index (κ2) is 5.18. The van der Waals surface area contributed by atoms with E-state index in [0.29, 0.717) is 5.56 Å². The first-order valence-electron chi connectivity index (χ1n) is 5.05. The fraction of sp³-hybridized carbons (Fsp3) is 0.182. The van der Waals surface area contributed by atoms with Crippen LogP contribution in [0.25, 0.3) is 11.5 Å². The molecule has 0 radical (unpaired) electrons. The van der Waals surface area contributed by atoms with Crippen molar-refractivity contribution in [2.24, 2.45) is 0 Å². The van der Waals surface area contributed by atoms with E-state index in [0.717, 1.165) is 11.8 Å². The number of thioether (sulfide) groups is 1. The number of hydrogen-bond donors (Lipinski definition) is 1.